The van der Waals surface area contributed by atoms with E-state index >= 15 is 0 Å². The van der Waals surface area contributed by atoms with Gasteiger partial charge in [-0.05, 0) is 54.3 Å². The summed E-state index contributed by atoms with van der Waals surface area (Å²) < 4.78 is 0. The van der Waals surface area contributed by atoms with E-state index in [1.54, 1.807) is 24.3 Å². The van der Waals surface area contributed by atoms with Crippen LogP contribution in [-0.4, -0.2) is 46.4 Å². The number of rotatable bonds is 5. The summed E-state index contributed by atoms with van der Waals surface area (Å²) in [5.74, 6) is -1.96. The normalized spacial score (nSPS) is 13.8. The number of carbonyl (C=O) groups is 2. The predicted octanol–water partition coefficient (Wildman–Crippen LogP) is 4.39. The quantitative estimate of drug-likeness (QED) is 0.442. The molecule has 4 N–H and O–H groups in total. The predicted molar refractivity (Wildman–Crippen MR) is 130 cm³/mol. The number of benzene rings is 3. The number of nitrogens with zero attached hydrogens (tertiary/aromatic N) is 1. The first-order valence-corrected chi connectivity index (χ1v) is 10.4. The third kappa shape index (κ3) is 5.45. The van der Waals surface area contributed by atoms with Gasteiger partial charge in [0.2, 0.25) is 0 Å². The van der Waals surface area contributed by atoms with E-state index in [1.165, 1.54) is 12.1 Å². The molecule has 0 bridgehead atoms. The summed E-state index contributed by atoms with van der Waals surface area (Å²) in [4.78, 5) is 26.8. The third-order valence-electron chi connectivity index (χ3n) is 5.66. The van der Waals surface area contributed by atoms with Crippen LogP contribution in [0.15, 0.2) is 66.7 Å². The molecule has 0 atom stereocenters. The van der Waals surface area contributed by atoms with Crippen LogP contribution in [0.5, 0.6) is 5.75 Å². The van der Waals surface area contributed by atoms with Crippen LogP contribution in [0.2, 0.25) is 0 Å². The van der Waals surface area contributed by atoms with E-state index < -0.39 is 11.9 Å². The van der Waals surface area contributed by atoms with Gasteiger partial charge in [0.25, 0.3) is 5.91 Å². The number of aromatic hydroxyl groups is 1. The Balaban J connectivity index is 0.00000306. The fraction of sp³-hybridized carbons (Fsp3) is 0.200. The van der Waals surface area contributed by atoms with Crippen molar-refractivity contribution in [2.24, 2.45) is 0 Å². The maximum Gasteiger partial charge on any atom is 0.337 e. The topological polar surface area (TPSA) is 110 Å². The van der Waals surface area contributed by atoms with Gasteiger partial charge in [0.05, 0.1) is 22.9 Å². The summed E-state index contributed by atoms with van der Waals surface area (Å²) in [7, 11) is 0. The Morgan fingerprint density at radius 3 is 2.24 bits per heavy atom. The highest BCUT2D eigenvalue weighted by Gasteiger charge is 2.21. The van der Waals surface area contributed by atoms with Gasteiger partial charge in [-0.1, -0.05) is 36.4 Å². The van der Waals surface area contributed by atoms with Gasteiger partial charge in [-0.25, -0.2) is 4.79 Å². The molecule has 3 aromatic rings. The van der Waals surface area contributed by atoms with Crippen molar-refractivity contribution >= 4 is 35.7 Å². The minimum atomic E-state index is -1.16. The second-order valence-electron chi connectivity index (χ2n) is 7.81. The van der Waals surface area contributed by atoms with E-state index in [4.69, 9.17) is 0 Å². The van der Waals surface area contributed by atoms with Crippen LogP contribution in [0.4, 0.5) is 11.4 Å². The fourth-order valence-corrected chi connectivity index (χ4v) is 3.86. The van der Waals surface area contributed by atoms with Crippen molar-refractivity contribution in [2.75, 3.05) is 23.3 Å². The molecule has 1 aliphatic rings. The number of anilines is 2. The molecule has 0 radical (unpaired) electrons. The smallest absolute Gasteiger partial charge is 0.337 e. The molecular weight excluding hydrogens is 444 g/mol. The number of piperidine rings is 1. The van der Waals surface area contributed by atoms with E-state index in [-0.39, 0.29) is 41.1 Å². The van der Waals surface area contributed by atoms with Crippen LogP contribution in [-0.2, 0) is 0 Å². The molecule has 0 saturated carbocycles. The van der Waals surface area contributed by atoms with Gasteiger partial charge in [0.1, 0.15) is 5.75 Å². The van der Waals surface area contributed by atoms with Crippen LogP contribution >= 0.6 is 12.4 Å². The Bertz CT molecular complexity index is 1140. The van der Waals surface area contributed by atoms with Crippen molar-refractivity contribution in [3.63, 3.8) is 0 Å². The van der Waals surface area contributed by atoms with Gasteiger partial charge >= 0.3 is 5.97 Å². The number of phenols is 1. The van der Waals surface area contributed by atoms with E-state index in [0.29, 0.717) is 25.9 Å². The molecule has 4 rings (SSSR count). The third-order valence-corrected chi connectivity index (χ3v) is 5.66. The van der Waals surface area contributed by atoms with Crippen LogP contribution in [0.3, 0.4) is 0 Å². The summed E-state index contributed by atoms with van der Waals surface area (Å²) in [6.07, 6.45) is 0.949. The van der Waals surface area contributed by atoms with E-state index in [2.05, 4.69) is 5.32 Å². The Morgan fingerprint density at radius 1 is 0.879 bits per heavy atom. The molecule has 7 nitrogen and oxygen atoms in total. The lowest BCUT2D eigenvalue weighted by molar-refractivity contribution is 0.0698. The minimum Gasteiger partial charge on any atom is -0.507 e. The Labute approximate surface area is 197 Å². The van der Waals surface area contributed by atoms with Gasteiger partial charge < -0.3 is 25.5 Å². The molecule has 0 unspecified atom stereocenters. The first kappa shape index (κ1) is 24.1. The second kappa shape index (κ2) is 10.4. The molecule has 1 amide bonds. The van der Waals surface area contributed by atoms with Crippen LogP contribution in [0.25, 0.3) is 11.1 Å². The molecule has 1 heterocycles. The number of carbonyl (C=O) groups excluding carboxylic acids is 1. The Morgan fingerprint density at radius 2 is 1.58 bits per heavy atom. The number of carboxylic acid groups (broad SMARTS) is 1. The first-order valence-electron chi connectivity index (χ1n) is 10.4. The molecule has 33 heavy (non-hydrogen) atoms. The SMILES string of the molecule is Cl.O=C(Nc1cc(-c2ccccc2)ccc1C(=O)O)c1cc(N2CCC(O)CC2)ccc1O. The molecule has 3 aromatic carbocycles. The first-order chi connectivity index (χ1) is 15.4. The largest absolute Gasteiger partial charge is 0.507 e. The number of nitrogens with one attached hydrogen (secondary N) is 1. The molecule has 1 fully saturated rings. The number of aliphatic hydroxyl groups is 1. The Hall–Kier alpha value is -3.55. The Kier molecular flexibility index (Phi) is 7.58. The fourth-order valence-electron chi connectivity index (χ4n) is 3.86. The molecule has 0 aromatic heterocycles. The maximum absolute atomic E-state index is 13.0. The van der Waals surface area contributed by atoms with Gasteiger partial charge in [0, 0.05) is 18.8 Å². The lowest BCUT2D eigenvalue weighted by atomic mass is 10.0. The highest BCUT2D eigenvalue weighted by Crippen LogP contribution is 2.30. The van der Waals surface area contributed by atoms with Crippen molar-refractivity contribution in [1.29, 1.82) is 0 Å². The number of aromatic carboxylic acids is 1. The zero-order chi connectivity index (χ0) is 22.7. The number of hydrogen-bond donors (Lipinski definition) is 4. The summed E-state index contributed by atoms with van der Waals surface area (Å²) in [6.45, 7) is 1.30. The molecule has 1 saturated heterocycles. The summed E-state index contributed by atoms with van der Waals surface area (Å²) >= 11 is 0. The van der Waals surface area contributed by atoms with Gasteiger partial charge in [-0.15, -0.1) is 12.4 Å². The summed E-state index contributed by atoms with van der Waals surface area (Å²) in [6, 6.07) is 19.0. The zero-order valence-corrected chi connectivity index (χ0v) is 18.6. The van der Waals surface area contributed by atoms with Gasteiger partial charge in [-0.3, -0.25) is 4.79 Å². The zero-order valence-electron chi connectivity index (χ0n) is 17.8. The highest BCUT2D eigenvalue weighted by molar-refractivity contribution is 6.10. The number of halogens is 1. The monoisotopic (exact) mass is 468 g/mol. The minimum absolute atomic E-state index is 0. The average Bonchev–Trinajstić information content (AvgIpc) is 2.80. The number of amides is 1. The van der Waals surface area contributed by atoms with Gasteiger partial charge in [0.15, 0.2) is 0 Å². The number of phenolic OH excluding ortho intramolecular Hbond substituents is 1. The second-order valence-corrected chi connectivity index (χ2v) is 7.81. The average molecular weight is 469 g/mol. The van der Waals surface area contributed by atoms with Crippen LogP contribution in [0.1, 0.15) is 33.6 Å². The van der Waals surface area contributed by atoms with Crippen LogP contribution in [0, 0.1) is 0 Å². The number of hydrogen-bond acceptors (Lipinski definition) is 5. The van der Waals surface area contributed by atoms with Crippen molar-refractivity contribution in [3.8, 4) is 16.9 Å². The van der Waals surface area contributed by atoms with Crippen LogP contribution < -0.4 is 10.2 Å². The molecule has 8 heteroatoms. The molecule has 0 aliphatic carbocycles. The maximum atomic E-state index is 13.0. The summed E-state index contributed by atoms with van der Waals surface area (Å²) in [5.41, 5.74) is 2.56. The van der Waals surface area contributed by atoms with E-state index in [1.807, 2.05) is 35.2 Å². The lowest BCUT2D eigenvalue weighted by Crippen LogP contribution is -2.35. The number of carboxylic acids is 1. The lowest BCUT2D eigenvalue weighted by Gasteiger charge is -2.31. The molecule has 0 spiro atoms. The number of aliphatic hydroxyl groups excluding tert-OH is 1. The molecule has 1 aliphatic heterocycles. The molecular formula is C25H25ClN2O5. The van der Waals surface area contributed by atoms with Crippen molar-refractivity contribution in [3.05, 3.63) is 77.9 Å². The van der Waals surface area contributed by atoms with E-state index in [0.717, 1.165) is 16.8 Å². The highest BCUT2D eigenvalue weighted by atomic mass is 35.5. The standard InChI is InChI=1S/C25H24N2O5.ClH/c28-19-10-12-27(13-11-19)18-7-9-23(29)21(15-18)24(30)26-22-14-17(6-8-20(22)25(31)32)16-4-2-1-3-5-16;/h1-9,14-15,19,28-29H,10-13H2,(H,26,30)(H,31,32);1H. The van der Waals surface area contributed by atoms with Gasteiger partial charge in [-0.2, -0.15) is 0 Å². The van der Waals surface area contributed by atoms with E-state index in [9.17, 15) is 24.9 Å². The summed E-state index contributed by atoms with van der Waals surface area (Å²) in [5, 5.41) is 32.3. The van der Waals surface area contributed by atoms with Crippen molar-refractivity contribution < 1.29 is 24.9 Å². The molecule has 172 valence electrons. The van der Waals surface area contributed by atoms with Crippen molar-refractivity contribution in [2.45, 2.75) is 18.9 Å². The van der Waals surface area contributed by atoms with Crippen molar-refractivity contribution in [1.82, 2.24) is 0 Å².